The molecule has 0 aliphatic carbocycles. The van der Waals surface area contributed by atoms with Crippen LogP contribution in [0, 0.1) is 0 Å². The van der Waals surface area contributed by atoms with Crippen LogP contribution in [0.1, 0.15) is 6.92 Å². The molecule has 0 saturated carbocycles. The lowest BCUT2D eigenvalue weighted by molar-refractivity contribution is 0.261. The summed E-state index contributed by atoms with van der Waals surface area (Å²) in [6.07, 6.45) is -1.89. The van der Waals surface area contributed by atoms with E-state index < -0.39 is 17.9 Å². The van der Waals surface area contributed by atoms with Crippen LogP contribution in [0.4, 0.5) is 8.78 Å². The van der Waals surface area contributed by atoms with Crippen molar-refractivity contribution in [2.45, 2.75) is 13.2 Å². The molecule has 54 valence electrons. The van der Waals surface area contributed by atoms with E-state index in [0.29, 0.717) is 0 Å². The minimum Gasteiger partial charge on any atom is -0.510 e. The van der Waals surface area contributed by atoms with E-state index >= 15 is 0 Å². The van der Waals surface area contributed by atoms with E-state index in [2.05, 4.69) is 0 Å². The van der Waals surface area contributed by atoms with Crippen LogP contribution >= 0.6 is 0 Å². The molecule has 0 aliphatic heterocycles. The van der Waals surface area contributed by atoms with Gasteiger partial charge in [-0.15, -0.1) is 0 Å². The summed E-state index contributed by atoms with van der Waals surface area (Å²) < 4.78 is 24.2. The summed E-state index contributed by atoms with van der Waals surface area (Å²) >= 11 is 0. The first-order valence-electron chi connectivity index (χ1n) is 2.46. The second kappa shape index (κ2) is 3.40. The highest BCUT2D eigenvalue weighted by Gasteiger charge is 2.11. The number of likely N-dealkylation sites (N-methyl/N-ethyl adjacent to an activating group) is 1. The Bertz CT molecular complexity index is 120. The molecule has 9 heavy (non-hydrogen) atoms. The summed E-state index contributed by atoms with van der Waals surface area (Å²) in [4.78, 5) is 0. The van der Waals surface area contributed by atoms with Gasteiger partial charge in [0.1, 0.15) is 5.76 Å². The predicted molar refractivity (Wildman–Crippen MR) is 30.4 cm³/mol. The van der Waals surface area contributed by atoms with Gasteiger partial charge in [-0.1, -0.05) is 0 Å². The molecule has 0 saturated heterocycles. The molecule has 0 spiro atoms. The van der Waals surface area contributed by atoms with E-state index in [-0.39, 0.29) is 0 Å². The number of nitrogens with one attached hydrogen (secondary N) is 1. The minimum atomic E-state index is -1.89. The van der Waals surface area contributed by atoms with Crippen molar-refractivity contribution >= 4 is 0 Å². The molecule has 2 nitrogen and oxygen atoms in total. The van der Waals surface area contributed by atoms with Gasteiger partial charge in [0.15, 0.2) is 5.83 Å². The van der Waals surface area contributed by atoms with Crippen molar-refractivity contribution in [3.05, 3.63) is 11.6 Å². The first kappa shape index (κ1) is 8.36. The second-order valence-electron chi connectivity index (χ2n) is 1.58. The average molecular weight is 137 g/mol. The Balaban J connectivity index is 4.02. The number of aliphatic hydroxyl groups is 1. The van der Waals surface area contributed by atoms with Crippen LogP contribution in [-0.4, -0.2) is 18.4 Å². The smallest absolute Gasteiger partial charge is 0.206 e. The summed E-state index contributed by atoms with van der Waals surface area (Å²) in [5.74, 6) is -1.80. The van der Waals surface area contributed by atoms with Gasteiger partial charge in [0, 0.05) is 0 Å². The van der Waals surface area contributed by atoms with Gasteiger partial charge in [-0.05, 0) is 14.0 Å². The normalized spacial score (nSPS) is 16.9. The van der Waals surface area contributed by atoms with Gasteiger partial charge < -0.3 is 5.11 Å². The van der Waals surface area contributed by atoms with Crippen LogP contribution < -0.4 is 5.32 Å². The molecule has 0 bridgehead atoms. The van der Waals surface area contributed by atoms with E-state index in [0.717, 1.165) is 6.92 Å². The van der Waals surface area contributed by atoms with Crippen LogP contribution in [0.2, 0.25) is 0 Å². The molecule has 0 rings (SSSR count). The fourth-order valence-electron chi connectivity index (χ4n) is 0.310. The Labute approximate surface area is 52.2 Å². The van der Waals surface area contributed by atoms with Crippen molar-refractivity contribution in [1.29, 1.82) is 0 Å². The molecule has 0 aliphatic rings. The zero-order valence-corrected chi connectivity index (χ0v) is 5.28. The second-order valence-corrected chi connectivity index (χ2v) is 1.58. The third-order valence-corrected chi connectivity index (χ3v) is 0.822. The first-order valence-corrected chi connectivity index (χ1v) is 2.46. The van der Waals surface area contributed by atoms with Crippen LogP contribution in [0.5, 0.6) is 0 Å². The number of hydrogen-bond donors (Lipinski definition) is 2. The molecular weight excluding hydrogens is 128 g/mol. The van der Waals surface area contributed by atoms with E-state index in [9.17, 15) is 8.78 Å². The van der Waals surface area contributed by atoms with Gasteiger partial charge in [0.25, 0.3) is 0 Å². The standard InChI is InChI=1S/C5H9F2NO/c1-3(9)4(6)5(7)8-2/h5,8-9H,1-2H3/b4-3+. The van der Waals surface area contributed by atoms with Gasteiger partial charge in [-0.3, -0.25) is 5.32 Å². The molecule has 2 N–H and O–H groups in total. The van der Waals surface area contributed by atoms with Gasteiger partial charge in [0.05, 0.1) is 0 Å². The lowest BCUT2D eigenvalue weighted by atomic mass is 10.4. The predicted octanol–water partition coefficient (Wildman–Crippen LogP) is 1.26. The highest BCUT2D eigenvalue weighted by atomic mass is 19.2. The van der Waals surface area contributed by atoms with Crippen molar-refractivity contribution in [2.75, 3.05) is 7.05 Å². The largest absolute Gasteiger partial charge is 0.510 e. The van der Waals surface area contributed by atoms with E-state index in [1.54, 1.807) is 0 Å². The number of alkyl halides is 1. The number of aliphatic hydroxyl groups excluding tert-OH is 1. The van der Waals surface area contributed by atoms with E-state index in [1.807, 2.05) is 5.32 Å². The van der Waals surface area contributed by atoms with E-state index in [1.165, 1.54) is 7.05 Å². The van der Waals surface area contributed by atoms with Gasteiger partial charge in [-0.25, -0.2) is 8.78 Å². The maximum absolute atomic E-state index is 12.1. The maximum Gasteiger partial charge on any atom is 0.206 e. The average Bonchev–Trinajstić information content (AvgIpc) is 1.84. The summed E-state index contributed by atoms with van der Waals surface area (Å²) in [6, 6.07) is 0. The Morgan fingerprint density at radius 3 is 2.22 bits per heavy atom. The van der Waals surface area contributed by atoms with Crippen molar-refractivity contribution in [1.82, 2.24) is 5.32 Å². The zero-order valence-electron chi connectivity index (χ0n) is 5.28. The molecule has 0 aromatic heterocycles. The van der Waals surface area contributed by atoms with Gasteiger partial charge >= 0.3 is 0 Å². The third kappa shape index (κ3) is 2.41. The Morgan fingerprint density at radius 2 is 2.11 bits per heavy atom. The van der Waals surface area contributed by atoms with Crippen molar-refractivity contribution in [2.24, 2.45) is 0 Å². The molecule has 0 heterocycles. The summed E-state index contributed by atoms with van der Waals surface area (Å²) in [7, 11) is 1.26. The quantitative estimate of drug-likeness (QED) is 0.443. The fraction of sp³-hybridized carbons (Fsp3) is 0.600. The SMILES string of the molecule is CNC(F)/C(F)=C(/C)O. The monoisotopic (exact) mass is 137 g/mol. The minimum absolute atomic E-state index is 0.628. The molecular formula is C5H9F2NO. The number of rotatable bonds is 2. The van der Waals surface area contributed by atoms with Crippen LogP contribution in [0.3, 0.4) is 0 Å². The number of allylic oxidation sites excluding steroid dienone is 1. The molecule has 0 aromatic carbocycles. The first-order chi connectivity index (χ1) is 4.09. The maximum atomic E-state index is 12.1. The van der Waals surface area contributed by atoms with Crippen LogP contribution in [0.15, 0.2) is 11.6 Å². The highest BCUT2D eigenvalue weighted by molar-refractivity contribution is 5.00. The highest BCUT2D eigenvalue weighted by Crippen LogP contribution is 2.08. The van der Waals surface area contributed by atoms with Crippen molar-refractivity contribution in [3.63, 3.8) is 0 Å². The number of hydrogen-bond acceptors (Lipinski definition) is 2. The summed E-state index contributed by atoms with van der Waals surface area (Å²) in [5, 5.41) is 10.3. The zero-order chi connectivity index (χ0) is 7.44. The fourth-order valence-corrected chi connectivity index (χ4v) is 0.310. The molecule has 0 aromatic rings. The molecule has 4 heteroatoms. The van der Waals surface area contributed by atoms with Gasteiger partial charge in [-0.2, -0.15) is 0 Å². The molecule has 0 fully saturated rings. The van der Waals surface area contributed by atoms with Crippen molar-refractivity contribution < 1.29 is 13.9 Å². The Hall–Kier alpha value is -0.640. The van der Waals surface area contributed by atoms with Crippen LogP contribution in [0.25, 0.3) is 0 Å². The van der Waals surface area contributed by atoms with Crippen molar-refractivity contribution in [3.8, 4) is 0 Å². The van der Waals surface area contributed by atoms with Crippen LogP contribution in [-0.2, 0) is 0 Å². The summed E-state index contributed by atoms with van der Waals surface area (Å²) in [6.45, 7) is 1.08. The number of halogens is 2. The lowest BCUT2D eigenvalue weighted by Gasteiger charge is -2.02. The summed E-state index contributed by atoms with van der Waals surface area (Å²) in [5.41, 5.74) is 0. The lowest BCUT2D eigenvalue weighted by Crippen LogP contribution is -2.20. The topological polar surface area (TPSA) is 32.3 Å². The van der Waals surface area contributed by atoms with E-state index in [4.69, 9.17) is 5.11 Å². The Kier molecular flexibility index (Phi) is 3.16. The Morgan fingerprint density at radius 1 is 1.67 bits per heavy atom. The molecule has 1 atom stereocenters. The third-order valence-electron chi connectivity index (χ3n) is 0.822. The molecule has 0 amide bonds. The molecule has 0 radical (unpaired) electrons. The van der Waals surface area contributed by atoms with Gasteiger partial charge in [0.2, 0.25) is 6.30 Å². The molecule has 1 unspecified atom stereocenters.